The second-order valence-electron chi connectivity index (χ2n) is 8.93. The predicted molar refractivity (Wildman–Crippen MR) is 119 cm³/mol. The molecule has 1 saturated heterocycles. The van der Waals surface area contributed by atoms with Crippen molar-refractivity contribution in [2.24, 2.45) is 10.9 Å². The number of fused-ring (bicyclic) bond motifs is 1. The molecule has 2 aliphatic heterocycles. The number of nitrogens with two attached hydrogens (primary N) is 1. The van der Waals surface area contributed by atoms with Crippen molar-refractivity contribution < 1.29 is 13.9 Å². The lowest BCUT2D eigenvalue weighted by Gasteiger charge is -2.40. The van der Waals surface area contributed by atoms with E-state index in [1.54, 1.807) is 0 Å². The van der Waals surface area contributed by atoms with Gasteiger partial charge in [0.15, 0.2) is 5.65 Å². The molecule has 0 aromatic carbocycles. The van der Waals surface area contributed by atoms with Crippen molar-refractivity contribution in [3.8, 4) is 0 Å². The van der Waals surface area contributed by atoms with Crippen LogP contribution in [0.25, 0.3) is 11.0 Å². The minimum Gasteiger partial charge on any atom is -0.388 e. The highest BCUT2D eigenvalue weighted by Crippen LogP contribution is 2.46. The minimum absolute atomic E-state index is 0.160. The molecule has 164 valence electrons. The van der Waals surface area contributed by atoms with Gasteiger partial charge in [-0.1, -0.05) is 5.16 Å². The number of nitrogens with one attached hydrogen (secondary N) is 1. The average Bonchev–Trinajstić information content (AvgIpc) is 3.25. The summed E-state index contributed by atoms with van der Waals surface area (Å²) in [6.07, 6.45) is 5.68. The summed E-state index contributed by atoms with van der Waals surface area (Å²) in [5.41, 5.74) is 10.3. The zero-order chi connectivity index (χ0) is 21.1. The Morgan fingerprint density at radius 2 is 2.07 bits per heavy atom. The van der Waals surface area contributed by atoms with E-state index in [-0.39, 0.29) is 17.7 Å². The number of hydrogen-bond donors (Lipinski definition) is 4. The van der Waals surface area contributed by atoms with E-state index in [2.05, 4.69) is 22.5 Å². The van der Waals surface area contributed by atoms with Gasteiger partial charge in [-0.2, -0.15) is 15.7 Å². The number of aryl methyl sites for hydroxylation is 2. The number of anilines is 1. The van der Waals surface area contributed by atoms with Crippen LogP contribution in [0.15, 0.2) is 11.4 Å². The van der Waals surface area contributed by atoms with Crippen LogP contribution >= 0.6 is 10.6 Å². The summed E-state index contributed by atoms with van der Waals surface area (Å²) in [7, 11) is -2.43. The standard InChI is InChI=1S/C20H30N6O3S/c1-3-26-19-17(12(2)24-26)18(23-14-4-6-30(27,28)7-5-14)15(11-22-19)16-10-20(29-25-16)8-13(21)9-20/h11,13-14,27-28H,3-10,21H2,1-2H3,(H,22,23). The summed E-state index contributed by atoms with van der Waals surface area (Å²) in [4.78, 5) is 10.5. The maximum atomic E-state index is 9.99. The minimum atomic E-state index is -2.43. The van der Waals surface area contributed by atoms with Gasteiger partial charge in [0, 0.05) is 61.2 Å². The molecule has 0 unspecified atom stereocenters. The van der Waals surface area contributed by atoms with E-state index < -0.39 is 10.6 Å². The normalized spacial score (nSPS) is 24.5. The molecular weight excluding hydrogens is 404 g/mol. The highest BCUT2D eigenvalue weighted by atomic mass is 32.3. The molecular formula is C20H30N6O3S. The maximum absolute atomic E-state index is 9.99. The molecule has 2 aromatic heterocycles. The van der Waals surface area contributed by atoms with E-state index >= 15 is 0 Å². The number of oxime groups is 1. The van der Waals surface area contributed by atoms with Crippen LogP contribution in [-0.2, 0) is 11.4 Å². The first kappa shape index (κ1) is 20.0. The Bertz CT molecular complexity index is 1000. The van der Waals surface area contributed by atoms with Gasteiger partial charge in [-0.05, 0) is 26.7 Å². The molecule has 3 aliphatic rings. The zero-order valence-corrected chi connectivity index (χ0v) is 18.3. The first-order valence-corrected chi connectivity index (χ1v) is 12.5. The lowest BCUT2D eigenvalue weighted by atomic mass is 9.73. The van der Waals surface area contributed by atoms with E-state index in [0.29, 0.717) is 24.3 Å². The van der Waals surface area contributed by atoms with E-state index in [4.69, 9.17) is 15.6 Å². The van der Waals surface area contributed by atoms with Crippen LogP contribution in [0.4, 0.5) is 5.69 Å². The van der Waals surface area contributed by atoms with Crippen LogP contribution in [0.3, 0.4) is 0 Å². The molecule has 1 aliphatic carbocycles. The van der Waals surface area contributed by atoms with Crippen LogP contribution in [0.2, 0.25) is 0 Å². The predicted octanol–water partition coefficient (Wildman–Crippen LogP) is 3.07. The molecule has 5 rings (SSSR count). The van der Waals surface area contributed by atoms with Crippen LogP contribution in [-0.4, -0.2) is 58.8 Å². The van der Waals surface area contributed by atoms with Crippen molar-refractivity contribution in [2.75, 3.05) is 16.8 Å². The summed E-state index contributed by atoms with van der Waals surface area (Å²) < 4.78 is 21.9. The van der Waals surface area contributed by atoms with Gasteiger partial charge in [-0.3, -0.25) is 9.11 Å². The lowest BCUT2D eigenvalue weighted by Crippen LogP contribution is -2.51. The van der Waals surface area contributed by atoms with E-state index in [1.807, 2.05) is 17.8 Å². The third-order valence-electron chi connectivity index (χ3n) is 6.59. The topological polar surface area (TPSA) is 131 Å². The quantitative estimate of drug-likeness (QED) is 0.581. The second kappa shape index (κ2) is 7.08. The van der Waals surface area contributed by atoms with Crippen molar-refractivity contribution in [1.82, 2.24) is 14.8 Å². The zero-order valence-electron chi connectivity index (χ0n) is 17.5. The monoisotopic (exact) mass is 434 g/mol. The summed E-state index contributed by atoms with van der Waals surface area (Å²) >= 11 is 0. The van der Waals surface area contributed by atoms with E-state index in [0.717, 1.165) is 59.5 Å². The van der Waals surface area contributed by atoms with Gasteiger partial charge in [0.2, 0.25) is 0 Å². The Hall–Kier alpha value is -1.88. The number of rotatable bonds is 4. The third-order valence-corrected chi connectivity index (χ3v) is 8.37. The summed E-state index contributed by atoms with van der Waals surface area (Å²) in [6.45, 7) is 4.80. The van der Waals surface area contributed by atoms with Crippen molar-refractivity contribution >= 4 is 33.0 Å². The molecule has 1 spiro atoms. The highest BCUT2D eigenvalue weighted by molar-refractivity contribution is 8.24. The number of hydrogen-bond acceptors (Lipinski definition) is 8. The van der Waals surface area contributed by atoms with Crippen molar-refractivity contribution in [1.29, 1.82) is 0 Å². The summed E-state index contributed by atoms with van der Waals surface area (Å²) in [5, 5.41) is 13.8. The Kier molecular flexibility index (Phi) is 4.73. The van der Waals surface area contributed by atoms with Crippen LogP contribution in [0.1, 0.15) is 50.3 Å². The van der Waals surface area contributed by atoms with Gasteiger partial charge in [0.25, 0.3) is 0 Å². The number of nitrogens with zero attached hydrogens (tertiary/aromatic N) is 4. The first-order chi connectivity index (χ1) is 14.3. The fraction of sp³-hybridized carbons (Fsp3) is 0.650. The molecule has 2 aromatic rings. The van der Waals surface area contributed by atoms with Gasteiger partial charge < -0.3 is 15.9 Å². The van der Waals surface area contributed by atoms with Crippen LogP contribution in [0, 0.1) is 6.92 Å². The van der Waals surface area contributed by atoms with Crippen LogP contribution < -0.4 is 11.1 Å². The van der Waals surface area contributed by atoms with E-state index in [1.165, 1.54) is 0 Å². The Morgan fingerprint density at radius 1 is 1.33 bits per heavy atom. The SMILES string of the molecule is CCn1nc(C)c2c(NC3CCS(O)(O)CC3)c(C3=NOC4(C3)CC(N)C4)cnc21. The molecule has 0 bridgehead atoms. The van der Waals surface area contributed by atoms with Crippen molar-refractivity contribution in [2.45, 2.75) is 70.2 Å². The fourth-order valence-electron chi connectivity index (χ4n) is 4.94. The van der Waals surface area contributed by atoms with Crippen molar-refractivity contribution in [3.05, 3.63) is 17.5 Å². The fourth-order valence-corrected chi connectivity index (χ4v) is 6.47. The largest absolute Gasteiger partial charge is 0.388 e. The molecule has 9 nitrogen and oxygen atoms in total. The Labute approximate surface area is 177 Å². The Morgan fingerprint density at radius 3 is 2.73 bits per heavy atom. The molecule has 4 heterocycles. The van der Waals surface area contributed by atoms with Crippen molar-refractivity contribution in [3.63, 3.8) is 0 Å². The van der Waals surface area contributed by atoms with Crippen LogP contribution in [0.5, 0.6) is 0 Å². The smallest absolute Gasteiger partial charge is 0.160 e. The lowest BCUT2D eigenvalue weighted by molar-refractivity contribution is -0.0856. The highest BCUT2D eigenvalue weighted by Gasteiger charge is 2.50. The molecule has 1 saturated carbocycles. The number of aromatic nitrogens is 3. The third kappa shape index (κ3) is 3.35. The average molecular weight is 435 g/mol. The van der Waals surface area contributed by atoms with Gasteiger partial charge in [0.05, 0.1) is 22.5 Å². The van der Waals surface area contributed by atoms with E-state index in [9.17, 15) is 9.11 Å². The molecule has 0 atom stereocenters. The van der Waals surface area contributed by atoms with Gasteiger partial charge in [0.1, 0.15) is 5.60 Å². The number of pyridine rings is 1. The van der Waals surface area contributed by atoms with Gasteiger partial charge in [-0.25, -0.2) is 9.67 Å². The maximum Gasteiger partial charge on any atom is 0.160 e. The molecule has 10 heteroatoms. The second-order valence-corrected chi connectivity index (χ2v) is 11.4. The molecule has 30 heavy (non-hydrogen) atoms. The molecule has 0 amide bonds. The molecule has 2 fully saturated rings. The summed E-state index contributed by atoms with van der Waals surface area (Å²) in [5.74, 6) is 0.874. The molecule has 0 radical (unpaired) electrons. The first-order valence-electron chi connectivity index (χ1n) is 10.7. The van der Waals surface area contributed by atoms with Gasteiger partial charge >= 0.3 is 0 Å². The molecule has 5 N–H and O–H groups in total. The summed E-state index contributed by atoms with van der Waals surface area (Å²) in [6, 6.07) is 0.345. The Balaban J connectivity index is 1.52. The van der Waals surface area contributed by atoms with Gasteiger partial charge in [-0.15, -0.1) is 0 Å².